The topological polar surface area (TPSA) is 66.1 Å². The van der Waals surface area contributed by atoms with Gasteiger partial charge in [0.25, 0.3) is 0 Å². The molecule has 0 radical (unpaired) electrons. The molecule has 0 saturated heterocycles. The molecule has 1 atom stereocenters. The molecule has 1 aromatic carbocycles. The molecule has 5 nitrogen and oxygen atoms in total. The van der Waals surface area contributed by atoms with Crippen molar-refractivity contribution in [3.63, 3.8) is 0 Å². The molecular formula is C14H19N2O3P. The van der Waals surface area contributed by atoms with Crippen molar-refractivity contribution in [1.82, 2.24) is 5.10 Å². The van der Waals surface area contributed by atoms with E-state index in [0.717, 1.165) is 0 Å². The van der Waals surface area contributed by atoms with Crippen LogP contribution in [0.25, 0.3) is 10.9 Å². The number of hydrogen-bond donors (Lipinski definition) is 0. The SMILES string of the molecule is CCOP(=O)([O-])c1c[n+](C(C)(C)C)nc2ccccc12. The van der Waals surface area contributed by atoms with Crippen LogP contribution in [-0.4, -0.2) is 11.7 Å². The molecule has 0 aliphatic rings. The Balaban J connectivity index is 2.77. The molecule has 1 aromatic heterocycles. The fourth-order valence-electron chi connectivity index (χ4n) is 1.91. The molecule has 0 spiro atoms. The third-order valence-corrected chi connectivity index (χ3v) is 4.47. The van der Waals surface area contributed by atoms with Gasteiger partial charge in [-0.25, -0.2) is 0 Å². The maximum Gasteiger partial charge on any atom is 0.209 e. The van der Waals surface area contributed by atoms with E-state index < -0.39 is 7.60 Å². The first-order chi connectivity index (χ1) is 9.25. The van der Waals surface area contributed by atoms with Gasteiger partial charge in [-0.2, -0.15) is 0 Å². The fourth-order valence-corrected chi connectivity index (χ4v) is 3.12. The van der Waals surface area contributed by atoms with E-state index in [2.05, 4.69) is 5.10 Å². The first-order valence-corrected chi connectivity index (χ1v) is 8.08. The molecule has 0 saturated carbocycles. The van der Waals surface area contributed by atoms with Gasteiger partial charge < -0.3 is 14.0 Å². The van der Waals surface area contributed by atoms with Crippen molar-refractivity contribution in [2.24, 2.45) is 0 Å². The summed E-state index contributed by atoms with van der Waals surface area (Å²) in [5, 5.41) is 5.25. The Hall–Kier alpha value is -1.29. The third-order valence-electron chi connectivity index (χ3n) is 2.92. The predicted molar refractivity (Wildman–Crippen MR) is 75.8 cm³/mol. The van der Waals surface area contributed by atoms with E-state index in [-0.39, 0.29) is 17.5 Å². The van der Waals surface area contributed by atoms with E-state index in [0.29, 0.717) is 10.9 Å². The van der Waals surface area contributed by atoms with Gasteiger partial charge >= 0.3 is 0 Å². The van der Waals surface area contributed by atoms with Crippen molar-refractivity contribution in [2.45, 2.75) is 33.2 Å². The molecule has 20 heavy (non-hydrogen) atoms. The summed E-state index contributed by atoms with van der Waals surface area (Å²) in [7, 11) is -4.10. The normalized spacial score (nSPS) is 15.2. The minimum absolute atomic E-state index is 0.118. The van der Waals surface area contributed by atoms with Gasteiger partial charge in [0.15, 0.2) is 13.1 Å². The number of rotatable bonds is 3. The van der Waals surface area contributed by atoms with Crippen molar-refractivity contribution < 1.29 is 18.7 Å². The molecule has 6 heteroatoms. The van der Waals surface area contributed by atoms with Crippen molar-refractivity contribution in [2.75, 3.05) is 6.61 Å². The van der Waals surface area contributed by atoms with Gasteiger partial charge in [-0.05, 0) is 13.0 Å². The van der Waals surface area contributed by atoms with Crippen LogP contribution in [0.5, 0.6) is 0 Å². The Morgan fingerprint density at radius 3 is 2.60 bits per heavy atom. The lowest BCUT2D eigenvalue weighted by Gasteiger charge is -2.23. The lowest BCUT2D eigenvalue weighted by Crippen LogP contribution is -2.54. The van der Waals surface area contributed by atoms with Gasteiger partial charge in [-0.15, -0.1) is 0 Å². The Kier molecular flexibility index (Phi) is 3.96. The van der Waals surface area contributed by atoms with E-state index in [1.165, 1.54) is 0 Å². The number of fused-ring (bicyclic) bond motifs is 1. The molecule has 0 bridgehead atoms. The minimum atomic E-state index is -4.10. The second-order valence-corrected chi connectivity index (χ2v) is 7.30. The van der Waals surface area contributed by atoms with Crippen LogP contribution >= 0.6 is 7.60 Å². The van der Waals surface area contributed by atoms with Gasteiger partial charge in [0.1, 0.15) is 5.52 Å². The Bertz CT molecular complexity index is 680. The molecule has 2 aromatic rings. The Morgan fingerprint density at radius 2 is 2.00 bits per heavy atom. The number of nitrogens with zero attached hydrogens (tertiary/aromatic N) is 2. The van der Waals surface area contributed by atoms with Crippen molar-refractivity contribution in [3.05, 3.63) is 30.5 Å². The van der Waals surface area contributed by atoms with E-state index in [9.17, 15) is 9.46 Å². The third kappa shape index (κ3) is 2.90. The average molecular weight is 294 g/mol. The second-order valence-electron chi connectivity index (χ2n) is 5.56. The summed E-state index contributed by atoms with van der Waals surface area (Å²) in [6.45, 7) is 7.68. The first-order valence-electron chi connectivity index (χ1n) is 6.54. The average Bonchev–Trinajstić information content (AvgIpc) is 2.36. The zero-order valence-corrected chi connectivity index (χ0v) is 13.1. The highest BCUT2D eigenvalue weighted by Gasteiger charge is 2.28. The Morgan fingerprint density at radius 1 is 1.35 bits per heavy atom. The van der Waals surface area contributed by atoms with Crippen LogP contribution < -0.4 is 14.9 Å². The van der Waals surface area contributed by atoms with Crippen molar-refractivity contribution >= 4 is 23.8 Å². The fraction of sp³-hybridized carbons (Fsp3) is 0.429. The summed E-state index contributed by atoms with van der Waals surface area (Å²) in [6, 6.07) is 7.17. The van der Waals surface area contributed by atoms with Crippen LogP contribution in [0.15, 0.2) is 30.5 Å². The maximum atomic E-state index is 12.3. The second kappa shape index (κ2) is 5.24. The zero-order chi connectivity index (χ0) is 15.0. The summed E-state index contributed by atoms with van der Waals surface area (Å²) in [5.74, 6) is 0. The van der Waals surface area contributed by atoms with Crippen LogP contribution in [0.3, 0.4) is 0 Å². The smallest absolute Gasteiger partial charge is 0.209 e. The van der Waals surface area contributed by atoms with Crippen LogP contribution in [0.4, 0.5) is 0 Å². The van der Waals surface area contributed by atoms with Crippen molar-refractivity contribution in [3.8, 4) is 0 Å². The van der Waals surface area contributed by atoms with E-state index >= 15 is 0 Å². The van der Waals surface area contributed by atoms with Crippen molar-refractivity contribution in [1.29, 1.82) is 0 Å². The van der Waals surface area contributed by atoms with Gasteiger partial charge in [0.2, 0.25) is 6.20 Å². The van der Waals surface area contributed by atoms with Gasteiger partial charge in [-0.1, -0.05) is 22.9 Å². The molecule has 0 N–H and O–H groups in total. The molecule has 0 fully saturated rings. The number of benzene rings is 1. The molecule has 0 aliphatic carbocycles. The zero-order valence-electron chi connectivity index (χ0n) is 12.2. The molecule has 108 valence electrons. The van der Waals surface area contributed by atoms with Crippen LogP contribution in [0.1, 0.15) is 27.7 Å². The molecule has 2 rings (SSSR count). The highest BCUT2D eigenvalue weighted by molar-refractivity contribution is 7.60. The van der Waals surface area contributed by atoms with Gasteiger partial charge in [-0.3, -0.25) is 0 Å². The summed E-state index contributed by atoms with van der Waals surface area (Å²) >= 11 is 0. The largest absolute Gasteiger partial charge is 0.775 e. The molecular weight excluding hydrogens is 275 g/mol. The highest BCUT2D eigenvalue weighted by Crippen LogP contribution is 2.37. The van der Waals surface area contributed by atoms with E-state index in [1.807, 2.05) is 26.8 Å². The quantitative estimate of drug-likeness (QED) is 0.635. The molecule has 0 aliphatic heterocycles. The van der Waals surface area contributed by atoms with Crippen LogP contribution in [-0.2, 0) is 14.6 Å². The maximum absolute atomic E-state index is 12.3. The first kappa shape index (κ1) is 15.1. The Labute approximate surface area is 118 Å². The van der Waals surface area contributed by atoms with Gasteiger partial charge in [0, 0.05) is 31.3 Å². The summed E-state index contributed by atoms with van der Waals surface area (Å²) in [5.41, 5.74) is 0.320. The van der Waals surface area contributed by atoms with E-state index in [4.69, 9.17) is 4.52 Å². The number of aromatic nitrogens is 2. The summed E-state index contributed by atoms with van der Waals surface area (Å²) in [6.07, 6.45) is 1.55. The summed E-state index contributed by atoms with van der Waals surface area (Å²) in [4.78, 5) is 12.3. The molecule has 0 amide bonds. The van der Waals surface area contributed by atoms with Crippen LogP contribution in [0.2, 0.25) is 0 Å². The monoisotopic (exact) mass is 294 g/mol. The molecule has 1 heterocycles. The minimum Gasteiger partial charge on any atom is -0.775 e. The van der Waals surface area contributed by atoms with E-state index in [1.54, 1.807) is 36.0 Å². The summed E-state index contributed by atoms with van der Waals surface area (Å²) < 4.78 is 18.9. The van der Waals surface area contributed by atoms with Crippen LogP contribution in [0, 0.1) is 0 Å². The molecule has 1 unspecified atom stereocenters. The van der Waals surface area contributed by atoms with Gasteiger partial charge in [0.05, 0.1) is 11.9 Å². The lowest BCUT2D eigenvalue weighted by molar-refractivity contribution is -0.803. The lowest BCUT2D eigenvalue weighted by atomic mass is 10.1. The highest BCUT2D eigenvalue weighted by atomic mass is 31.2. The number of hydrogen-bond acceptors (Lipinski definition) is 4. The predicted octanol–water partition coefficient (Wildman–Crippen LogP) is 1.49. The standard InChI is InChI=1S/C14H19N2O3P/c1-5-19-20(17,18)13-10-16(14(2,3)4)15-12-9-7-6-8-11(12)13/h6-10H,5H2,1-4H3.